The number of hydrogen-bond donors (Lipinski definition) is 1. The van der Waals surface area contributed by atoms with Crippen LogP contribution in [0.1, 0.15) is 32.6 Å². The molecular formula is C14H26N2O4. The first-order chi connectivity index (χ1) is 9.69. The van der Waals surface area contributed by atoms with Gasteiger partial charge < -0.3 is 19.7 Å². The molecule has 0 radical (unpaired) electrons. The lowest BCUT2D eigenvalue weighted by Gasteiger charge is -2.23. The van der Waals surface area contributed by atoms with Crippen molar-refractivity contribution in [2.24, 2.45) is 0 Å². The molecule has 1 atom stereocenters. The van der Waals surface area contributed by atoms with Gasteiger partial charge >= 0.3 is 0 Å². The summed E-state index contributed by atoms with van der Waals surface area (Å²) in [6.07, 6.45) is 2.78. The van der Waals surface area contributed by atoms with E-state index in [-0.39, 0.29) is 17.9 Å². The summed E-state index contributed by atoms with van der Waals surface area (Å²) in [6, 6.07) is -0.372. The number of nitrogens with zero attached hydrogens (tertiary/aromatic N) is 1. The van der Waals surface area contributed by atoms with Crippen LogP contribution in [0, 0.1) is 0 Å². The predicted octanol–water partition coefficient (Wildman–Crippen LogP) is 0.557. The molecule has 20 heavy (non-hydrogen) atoms. The van der Waals surface area contributed by atoms with Gasteiger partial charge in [0, 0.05) is 39.8 Å². The number of nitrogens with one attached hydrogen (secondary N) is 1. The van der Waals surface area contributed by atoms with Crippen molar-refractivity contribution < 1.29 is 19.1 Å². The molecule has 2 amide bonds. The number of rotatable bonds is 9. The third-order valence-corrected chi connectivity index (χ3v) is 3.27. The van der Waals surface area contributed by atoms with Crippen LogP contribution in [0.15, 0.2) is 0 Å². The molecule has 0 spiro atoms. The minimum Gasteiger partial charge on any atom is -0.385 e. The Balaban J connectivity index is 2.34. The molecular weight excluding hydrogens is 260 g/mol. The zero-order valence-electron chi connectivity index (χ0n) is 12.5. The van der Waals surface area contributed by atoms with Crippen LogP contribution in [0.5, 0.6) is 0 Å². The molecule has 116 valence electrons. The van der Waals surface area contributed by atoms with Gasteiger partial charge in [-0.15, -0.1) is 0 Å². The van der Waals surface area contributed by atoms with Gasteiger partial charge in [-0.25, -0.2) is 0 Å². The summed E-state index contributed by atoms with van der Waals surface area (Å²) in [5.41, 5.74) is 0. The van der Waals surface area contributed by atoms with Gasteiger partial charge in [-0.05, 0) is 12.8 Å². The van der Waals surface area contributed by atoms with Crippen molar-refractivity contribution in [1.82, 2.24) is 10.2 Å². The molecule has 1 N–H and O–H groups in total. The van der Waals surface area contributed by atoms with Crippen molar-refractivity contribution in [3.05, 3.63) is 0 Å². The monoisotopic (exact) mass is 286 g/mol. The molecule has 1 unspecified atom stereocenters. The van der Waals surface area contributed by atoms with Gasteiger partial charge in [0.05, 0.1) is 6.61 Å². The van der Waals surface area contributed by atoms with Crippen LogP contribution in [0.4, 0.5) is 0 Å². The van der Waals surface area contributed by atoms with E-state index in [0.717, 1.165) is 12.8 Å². The first kappa shape index (κ1) is 16.9. The standard InChI is InChI=1S/C14H26N2O4/c1-3-5-12-14(18)16(7-6-13(17)15-12)8-11-20-10-4-9-19-2/h12H,3-11H2,1-2H3,(H,15,17). The van der Waals surface area contributed by atoms with Gasteiger partial charge in [0.15, 0.2) is 0 Å². The summed E-state index contributed by atoms with van der Waals surface area (Å²) in [4.78, 5) is 25.6. The minimum atomic E-state index is -0.372. The second-order valence-corrected chi connectivity index (χ2v) is 4.94. The Bertz CT molecular complexity index is 310. The highest BCUT2D eigenvalue weighted by atomic mass is 16.5. The number of ether oxygens (including phenoxy) is 2. The highest BCUT2D eigenvalue weighted by molar-refractivity contribution is 5.89. The Labute approximate surface area is 120 Å². The van der Waals surface area contributed by atoms with Crippen LogP contribution in [0.3, 0.4) is 0 Å². The zero-order chi connectivity index (χ0) is 14.8. The summed E-state index contributed by atoms with van der Waals surface area (Å²) >= 11 is 0. The predicted molar refractivity (Wildman–Crippen MR) is 75.3 cm³/mol. The lowest BCUT2D eigenvalue weighted by Crippen LogP contribution is -2.45. The third-order valence-electron chi connectivity index (χ3n) is 3.27. The van der Waals surface area contributed by atoms with Crippen molar-refractivity contribution in [2.45, 2.75) is 38.6 Å². The van der Waals surface area contributed by atoms with E-state index in [1.807, 2.05) is 6.92 Å². The van der Waals surface area contributed by atoms with E-state index in [9.17, 15) is 9.59 Å². The molecule has 1 aliphatic heterocycles. The Kier molecular flexibility index (Phi) is 8.22. The summed E-state index contributed by atoms with van der Waals surface area (Å²) in [5.74, 6) is -0.0292. The number of amides is 2. The lowest BCUT2D eigenvalue weighted by atomic mass is 10.1. The number of hydrogen-bond acceptors (Lipinski definition) is 4. The second-order valence-electron chi connectivity index (χ2n) is 4.94. The molecule has 0 bridgehead atoms. The van der Waals surface area contributed by atoms with Crippen molar-refractivity contribution in [3.63, 3.8) is 0 Å². The van der Waals surface area contributed by atoms with Crippen molar-refractivity contribution in [2.75, 3.05) is 40.0 Å². The van der Waals surface area contributed by atoms with E-state index < -0.39 is 0 Å². The molecule has 0 aromatic rings. The maximum Gasteiger partial charge on any atom is 0.245 e. The molecule has 1 fully saturated rings. The fraction of sp³-hybridized carbons (Fsp3) is 0.857. The SMILES string of the molecule is CCCC1NC(=O)CCN(CCOCCCOC)C1=O. The molecule has 1 heterocycles. The van der Waals surface area contributed by atoms with Crippen LogP contribution in [0.2, 0.25) is 0 Å². The largest absolute Gasteiger partial charge is 0.385 e. The molecule has 0 aromatic carbocycles. The van der Waals surface area contributed by atoms with E-state index in [4.69, 9.17) is 9.47 Å². The molecule has 0 aliphatic carbocycles. The minimum absolute atomic E-state index is 0.0122. The van der Waals surface area contributed by atoms with Gasteiger partial charge in [0.1, 0.15) is 6.04 Å². The lowest BCUT2D eigenvalue weighted by molar-refractivity contribution is -0.134. The Morgan fingerprint density at radius 3 is 2.80 bits per heavy atom. The van der Waals surface area contributed by atoms with Gasteiger partial charge in [-0.3, -0.25) is 9.59 Å². The normalized spacial score (nSPS) is 19.9. The number of carbonyl (C=O) groups excluding carboxylic acids is 2. The number of carbonyl (C=O) groups is 2. The third kappa shape index (κ3) is 5.88. The molecule has 0 aromatic heterocycles. The van der Waals surface area contributed by atoms with E-state index in [1.54, 1.807) is 12.0 Å². The molecule has 6 heteroatoms. The molecule has 0 saturated carbocycles. The summed E-state index contributed by atoms with van der Waals surface area (Å²) in [7, 11) is 1.66. The molecule has 6 nitrogen and oxygen atoms in total. The number of methoxy groups -OCH3 is 1. The van der Waals surface area contributed by atoms with Crippen LogP contribution in [-0.2, 0) is 19.1 Å². The van der Waals surface area contributed by atoms with Gasteiger partial charge in [-0.2, -0.15) is 0 Å². The van der Waals surface area contributed by atoms with Gasteiger partial charge in [-0.1, -0.05) is 13.3 Å². The first-order valence-corrected chi connectivity index (χ1v) is 7.33. The quantitative estimate of drug-likeness (QED) is 0.629. The highest BCUT2D eigenvalue weighted by Gasteiger charge is 2.28. The van der Waals surface area contributed by atoms with Crippen LogP contribution >= 0.6 is 0 Å². The average molecular weight is 286 g/mol. The summed E-state index contributed by atoms with van der Waals surface area (Å²) in [5, 5.41) is 2.79. The van der Waals surface area contributed by atoms with Crippen LogP contribution in [0.25, 0.3) is 0 Å². The maximum atomic E-state index is 12.3. The molecule has 1 saturated heterocycles. The van der Waals surface area contributed by atoms with Crippen LogP contribution < -0.4 is 5.32 Å². The van der Waals surface area contributed by atoms with E-state index in [1.165, 1.54) is 0 Å². The van der Waals surface area contributed by atoms with Gasteiger partial charge in [0.2, 0.25) is 11.8 Å². The highest BCUT2D eigenvalue weighted by Crippen LogP contribution is 2.08. The Morgan fingerprint density at radius 2 is 2.10 bits per heavy atom. The summed E-state index contributed by atoms with van der Waals surface area (Å²) in [6.45, 7) is 4.84. The zero-order valence-corrected chi connectivity index (χ0v) is 12.5. The maximum absolute atomic E-state index is 12.3. The van der Waals surface area contributed by atoms with Crippen molar-refractivity contribution >= 4 is 11.8 Å². The fourth-order valence-corrected chi connectivity index (χ4v) is 2.18. The topological polar surface area (TPSA) is 67.9 Å². The fourth-order valence-electron chi connectivity index (χ4n) is 2.18. The van der Waals surface area contributed by atoms with E-state index in [2.05, 4.69) is 5.32 Å². The molecule has 1 aliphatic rings. The van der Waals surface area contributed by atoms with E-state index >= 15 is 0 Å². The summed E-state index contributed by atoms with van der Waals surface area (Å²) < 4.78 is 10.4. The Hall–Kier alpha value is -1.14. The van der Waals surface area contributed by atoms with E-state index in [0.29, 0.717) is 45.8 Å². The van der Waals surface area contributed by atoms with Gasteiger partial charge in [0.25, 0.3) is 0 Å². The van der Waals surface area contributed by atoms with Crippen molar-refractivity contribution in [3.8, 4) is 0 Å². The molecule has 1 rings (SSSR count). The smallest absolute Gasteiger partial charge is 0.245 e. The van der Waals surface area contributed by atoms with Crippen LogP contribution in [-0.4, -0.2) is 62.8 Å². The Morgan fingerprint density at radius 1 is 1.30 bits per heavy atom. The second kappa shape index (κ2) is 9.72. The van der Waals surface area contributed by atoms with Crippen molar-refractivity contribution in [1.29, 1.82) is 0 Å². The first-order valence-electron chi connectivity index (χ1n) is 7.33. The average Bonchev–Trinajstić information content (AvgIpc) is 2.56.